The van der Waals surface area contributed by atoms with Gasteiger partial charge in [0, 0.05) is 11.4 Å². The Morgan fingerprint density at radius 3 is 2.62 bits per heavy atom. The van der Waals surface area contributed by atoms with Crippen LogP contribution < -0.4 is 5.32 Å². The summed E-state index contributed by atoms with van der Waals surface area (Å²) in [4.78, 5) is 23.6. The van der Waals surface area contributed by atoms with Gasteiger partial charge in [-0.15, -0.1) is 0 Å². The molecule has 0 saturated heterocycles. The largest absolute Gasteiger partial charge is 0.481 e. The van der Waals surface area contributed by atoms with Crippen LogP contribution in [0.3, 0.4) is 0 Å². The second-order valence-corrected chi connectivity index (χ2v) is 6.25. The molecule has 0 spiro atoms. The van der Waals surface area contributed by atoms with Crippen LogP contribution in [0.5, 0.6) is 0 Å². The Balaban J connectivity index is 1.99. The van der Waals surface area contributed by atoms with Crippen LogP contribution in [0.4, 0.5) is 0 Å². The van der Waals surface area contributed by atoms with Gasteiger partial charge >= 0.3 is 5.97 Å². The first-order valence-corrected chi connectivity index (χ1v) is 7.59. The highest BCUT2D eigenvalue weighted by Gasteiger charge is 2.43. The summed E-state index contributed by atoms with van der Waals surface area (Å²) in [6.45, 7) is 1.87. The van der Waals surface area contributed by atoms with Crippen molar-refractivity contribution in [2.24, 2.45) is 5.41 Å². The zero-order valence-corrected chi connectivity index (χ0v) is 12.8. The topological polar surface area (TPSA) is 66.4 Å². The van der Waals surface area contributed by atoms with Gasteiger partial charge in [-0.2, -0.15) is 0 Å². The highest BCUT2D eigenvalue weighted by molar-refractivity contribution is 6.30. The van der Waals surface area contributed by atoms with Crippen LogP contribution in [0.25, 0.3) is 0 Å². The van der Waals surface area contributed by atoms with E-state index in [1.54, 1.807) is 12.1 Å². The fourth-order valence-corrected chi connectivity index (χ4v) is 3.18. The van der Waals surface area contributed by atoms with E-state index < -0.39 is 11.4 Å². The summed E-state index contributed by atoms with van der Waals surface area (Å²) in [7, 11) is 0. The number of carboxylic acids is 1. The number of nitrogens with one attached hydrogen (secondary N) is 1. The molecule has 2 rings (SSSR count). The second kappa shape index (κ2) is 6.48. The molecule has 0 aromatic heterocycles. The number of halogens is 1. The third-order valence-electron chi connectivity index (χ3n) is 4.24. The van der Waals surface area contributed by atoms with Crippen molar-refractivity contribution >= 4 is 23.5 Å². The van der Waals surface area contributed by atoms with E-state index in [2.05, 4.69) is 5.32 Å². The molecule has 1 aliphatic rings. The number of aliphatic carboxylic acids is 1. The number of rotatable bonds is 5. The molecular weight excluding hydrogens is 290 g/mol. The first kappa shape index (κ1) is 15.8. The molecule has 1 saturated carbocycles. The Bertz CT molecular complexity index is 538. The molecule has 114 valence electrons. The molecule has 1 aliphatic carbocycles. The molecule has 0 heterocycles. The van der Waals surface area contributed by atoms with Crippen molar-refractivity contribution in [2.75, 3.05) is 0 Å². The first-order valence-electron chi connectivity index (χ1n) is 7.21. The number of hydrogen-bond donors (Lipinski definition) is 2. The van der Waals surface area contributed by atoms with Crippen LogP contribution in [-0.2, 0) is 9.59 Å². The summed E-state index contributed by atoms with van der Waals surface area (Å²) in [5, 5.41) is 12.9. The molecule has 1 aromatic rings. The van der Waals surface area contributed by atoms with E-state index in [1.807, 2.05) is 19.1 Å². The predicted octanol–water partition coefficient (Wildman–Crippen LogP) is 3.55. The van der Waals surface area contributed by atoms with Crippen molar-refractivity contribution in [3.05, 3.63) is 34.9 Å². The van der Waals surface area contributed by atoms with E-state index in [0.29, 0.717) is 17.9 Å². The summed E-state index contributed by atoms with van der Waals surface area (Å²) < 4.78 is 0. The number of carboxylic acid groups (broad SMARTS) is 1. The SMILES string of the molecule is CC(NC(=O)CC1(C(=O)O)CCCC1)c1cccc(Cl)c1. The lowest BCUT2D eigenvalue weighted by atomic mass is 9.82. The average molecular weight is 310 g/mol. The zero-order chi connectivity index (χ0) is 15.5. The Kier molecular flexibility index (Phi) is 4.88. The molecule has 2 N–H and O–H groups in total. The molecule has 1 unspecified atom stereocenters. The molecule has 1 atom stereocenters. The summed E-state index contributed by atoms with van der Waals surface area (Å²) in [5.74, 6) is -1.07. The monoisotopic (exact) mass is 309 g/mol. The Morgan fingerprint density at radius 2 is 2.05 bits per heavy atom. The molecular formula is C16H20ClNO3. The third kappa shape index (κ3) is 3.76. The summed E-state index contributed by atoms with van der Waals surface area (Å²) in [5.41, 5.74) is 0.0321. The van der Waals surface area contributed by atoms with Gasteiger partial charge in [0.05, 0.1) is 11.5 Å². The normalized spacial score (nSPS) is 18.2. The highest BCUT2D eigenvalue weighted by atomic mass is 35.5. The lowest BCUT2D eigenvalue weighted by Crippen LogP contribution is -2.36. The number of carbonyl (C=O) groups excluding carboxylic acids is 1. The van der Waals surface area contributed by atoms with Gasteiger partial charge in [0.1, 0.15) is 0 Å². The maximum Gasteiger partial charge on any atom is 0.310 e. The minimum Gasteiger partial charge on any atom is -0.481 e. The summed E-state index contributed by atoms with van der Waals surface area (Å²) in [6.07, 6.45) is 2.97. The van der Waals surface area contributed by atoms with E-state index in [-0.39, 0.29) is 18.4 Å². The maximum atomic E-state index is 12.2. The van der Waals surface area contributed by atoms with Crippen molar-refractivity contribution in [3.8, 4) is 0 Å². The van der Waals surface area contributed by atoms with Gasteiger partial charge in [0.25, 0.3) is 0 Å². The van der Waals surface area contributed by atoms with Crippen LogP contribution in [-0.4, -0.2) is 17.0 Å². The molecule has 1 fully saturated rings. The molecule has 1 aromatic carbocycles. The van der Waals surface area contributed by atoms with Crippen molar-refractivity contribution in [3.63, 3.8) is 0 Å². The van der Waals surface area contributed by atoms with Gasteiger partial charge in [-0.25, -0.2) is 0 Å². The van der Waals surface area contributed by atoms with Crippen molar-refractivity contribution in [1.82, 2.24) is 5.32 Å². The molecule has 21 heavy (non-hydrogen) atoms. The number of hydrogen-bond acceptors (Lipinski definition) is 2. The summed E-state index contributed by atoms with van der Waals surface area (Å²) >= 11 is 5.94. The van der Waals surface area contributed by atoms with Crippen LogP contribution in [0.15, 0.2) is 24.3 Å². The average Bonchev–Trinajstić information content (AvgIpc) is 2.88. The molecule has 0 bridgehead atoms. The zero-order valence-electron chi connectivity index (χ0n) is 12.1. The predicted molar refractivity (Wildman–Crippen MR) is 81.2 cm³/mol. The van der Waals surface area contributed by atoms with Gasteiger partial charge in [-0.05, 0) is 37.5 Å². The van der Waals surface area contributed by atoms with E-state index in [9.17, 15) is 14.7 Å². The Hall–Kier alpha value is -1.55. The minimum absolute atomic E-state index is 0.0488. The highest BCUT2D eigenvalue weighted by Crippen LogP contribution is 2.41. The van der Waals surface area contributed by atoms with E-state index in [4.69, 9.17) is 11.6 Å². The number of amides is 1. The van der Waals surface area contributed by atoms with E-state index in [1.165, 1.54) is 0 Å². The minimum atomic E-state index is -0.877. The van der Waals surface area contributed by atoms with Gasteiger partial charge in [-0.1, -0.05) is 36.6 Å². The van der Waals surface area contributed by atoms with Crippen LogP contribution in [0, 0.1) is 5.41 Å². The van der Waals surface area contributed by atoms with Crippen LogP contribution >= 0.6 is 11.6 Å². The second-order valence-electron chi connectivity index (χ2n) is 5.81. The van der Waals surface area contributed by atoms with Gasteiger partial charge in [-0.3, -0.25) is 9.59 Å². The van der Waals surface area contributed by atoms with E-state index in [0.717, 1.165) is 18.4 Å². The van der Waals surface area contributed by atoms with Crippen molar-refractivity contribution in [2.45, 2.75) is 45.1 Å². The fourth-order valence-electron chi connectivity index (χ4n) is 2.98. The third-order valence-corrected chi connectivity index (χ3v) is 4.47. The van der Waals surface area contributed by atoms with Crippen molar-refractivity contribution in [1.29, 1.82) is 0 Å². The lowest BCUT2D eigenvalue weighted by Gasteiger charge is -2.24. The number of carbonyl (C=O) groups is 2. The van der Waals surface area contributed by atoms with E-state index >= 15 is 0 Å². The molecule has 4 nitrogen and oxygen atoms in total. The smallest absolute Gasteiger partial charge is 0.310 e. The maximum absolute atomic E-state index is 12.2. The standard InChI is InChI=1S/C16H20ClNO3/c1-11(12-5-4-6-13(17)9-12)18-14(19)10-16(15(20)21)7-2-3-8-16/h4-6,9,11H,2-3,7-8,10H2,1H3,(H,18,19)(H,20,21). The van der Waals surface area contributed by atoms with Crippen LogP contribution in [0.1, 0.15) is 50.6 Å². The van der Waals surface area contributed by atoms with Gasteiger partial charge in [0.15, 0.2) is 0 Å². The van der Waals surface area contributed by atoms with Crippen molar-refractivity contribution < 1.29 is 14.7 Å². The Labute approximate surface area is 129 Å². The lowest BCUT2D eigenvalue weighted by molar-refractivity contribution is -0.151. The summed E-state index contributed by atoms with van der Waals surface area (Å²) in [6, 6.07) is 7.10. The van der Waals surface area contributed by atoms with Gasteiger partial charge < -0.3 is 10.4 Å². The quantitative estimate of drug-likeness (QED) is 0.874. The van der Waals surface area contributed by atoms with Crippen LogP contribution in [0.2, 0.25) is 5.02 Å². The molecule has 1 amide bonds. The molecule has 0 aliphatic heterocycles. The fraction of sp³-hybridized carbons (Fsp3) is 0.500. The van der Waals surface area contributed by atoms with Gasteiger partial charge in [0.2, 0.25) is 5.91 Å². The first-order chi connectivity index (χ1) is 9.93. The number of benzene rings is 1. The molecule has 0 radical (unpaired) electrons. The molecule has 5 heteroatoms. The Morgan fingerprint density at radius 1 is 1.38 bits per heavy atom.